The maximum atomic E-state index is 12.0. The van der Waals surface area contributed by atoms with E-state index >= 15 is 0 Å². The van der Waals surface area contributed by atoms with Gasteiger partial charge in [-0.05, 0) is 23.8 Å². The number of thiophene rings is 1. The Morgan fingerprint density at radius 1 is 1.56 bits per heavy atom. The zero-order chi connectivity index (χ0) is 12.4. The molecule has 0 aliphatic carbocycles. The van der Waals surface area contributed by atoms with Crippen LogP contribution in [-0.2, 0) is 18.7 Å². The van der Waals surface area contributed by atoms with Gasteiger partial charge in [0.15, 0.2) is 0 Å². The maximum absolute atomic E-state index is 12.0. The summed E-state index contributed by atoms with van der Waals surface area (Å²) >= 11 is 3.57. The number of rotatable bonds is 3. The highest BCUT2D eigenvalue weighted by Gasteiger charge is 2.17. The van der Waals surface area contributed by atoms with Gasteiger partial charge < -0.3 is 10.3 Å². The van der Waals surface area contributed by atoms with Gasteiger partial charge in [0.1, 0.15) is 0 Å². The van der Waals surface area contributed by atoms with Gasteiger partial charge in [0.05, 0.1) is 23.4 Å². The summed E-state index contributed by atoms with van der Waals surface area (Å²) in [6.07, 6.45) is 4.43. The van der Waals surface area contributed by atoms with Crippen LogP contribution < -0.4 is 5.32 Å². The lowest BCUT2D eigenvalue weighted by Gasteiger charge is -2.08. The normalized spacial score (nSPS) is 14.2. The van der Waals surface area contributed by atoms with E-state index in [9.17, 15) is 4.79 Å². The third-order valence-electron chi connectivity index (χ3n) is 2.85. The second-order valence-corrected chi connectivity index (χ2v) is 6.36. The van der Waals surface area contributed by atoms with Gasteiger partial charge in [-0.25, -0.2) is 4.98 Å². The van der Waals surface area contributed by atoms with Crippen LogP contribution in [0.5, 0.6) is 0 Å². The van der Waals surface area contributed by atoms with Crippen LogP contribution in [0.25, 0.3) is 0 Å². The minimum atomic E-state index is 0.00833. The molecule has 4 nitrogen and oxygen atoms in total. The number of amides is 1. The third-order valence-corrected chi connectivity index (χ3v) is 5.09. The second-order valence-electron chi connectivity index (χ2n) is 4.12. The Bertz CT molecular complexity index is 524. The number of hydrogen-bond donors (Lipinski definition) is 2. The molecule has 0 saturated heterocycles. The van der Waals surface area contributed by atoms with Crippen LogP contribution in [0.3, 0.4) is 0 Å². The Kier molecular flexibility index (Phi) is 3.38. The highest BCUT2D eigenvalue weighted by molar-refractivity contribution is 7.98. The molecule has 6 heteroatoms. The van der Waals surface area contributed by atoms with Crippen molar-refractivity contribution in [1.29, 1.82) is 0 Å². The van der Waals surface area contributed by atoms with Gasteiger partial charge in [-0.2, -0.15) is 11.8 Å². The first-order valence-corrected chi connectivity index (χ1v) is 7.75. The van der Waals surface area contributed by atoms with Crippen molar-refractivity contribution in [2.75, 3.05) is 5.75 Å². The van der Waals surface area contributed by atoms with Gasteiger partial charge in [-0.3, -0.25) is 4.79 Å². The molecular formula is C12H13N3OS2. The molecule has 2 aromatic rings. The number of aryl methyl sites for hydroxylation is 1. The largest absolute Gasteiger partial charge is 0.347 e. The summed E-state index contributed by atoms with van der Waals surface area (Å²) in [4.78, 5) is 21.1. The van der Waals surface area contributed by atoms with Crippen molar-refractivity contribution >= 4 is 29.0 Å². The van der Waals surface area contributed by atoms with Crippen LogP contribution in [0.2, 0.25) is 0 Å². The lowest BCUT2D eigenvalue weighted by atomic mass is 10.2. The zero-order valence-electron chi connectivity index (χ0n) is 9.73. The van der Waals surface area contributed by atoms with Gasteiger partial charge >= 0.3 is 0 Å². The second kappa shape index (κ2) is 5.16. The molecule has 0 radical (unpaired) electrons. The number of thioether (sulfide) groups is 1. The zero-order valence-corrected chi connectivity index (χ0v) is 11.4. The smallest absolute Gasteiger partial charge is 0.261 e. The van der Waals surface area contributed by atoms with Crippen molar-refractivity contribution in [3.63, 3.8) is 0 Å². The summed E-state index contributed by atoms with van der Waals surface area (Å²) in [6, 6.07) is 2.04. The number of carbonyl (C=O) groups is 1. The highest BCUT2D eigenvalue weighted by Crippen LogP contribution is 2.31. The number of nitrogens with zero attached hydrogens (tertiary/aromatic N) is 1. The summed E-state index contributed by atoms with van der Waals surface area (Å²) in [6.45, 7) is 0.496. The molecule has 0 unspecified atom stereocenters. The van der Waals surface area contributed by atoms with Crippen molar-refractivity contribution in [2.24, 2.45) is 0 Å². The van der Waals surface area contributed by atoms with Crippen LogP contribution in [0.1, 0.15) is 25.8 Å². The lowest BCUT2D eigenvalue weighted by molar-refractivity contribution is 0.0954. The summed E-state index contributed by atoms with van der Waals surface area (Å²) in [5, 5.41) is 2.90. The topological polar surface area (TPSA) is 57.8 Å². The van der Waals surface area contributed by atoms with E-state index in [4.69, 9.17) is 0 Å². The first-order chi connectivity index (χ1) is 8.83. The molecular weight excluding hydrogens is 266 g/mol. The SMILES string of the molecule is O=C(NCc1cnc[nH]1)c1cc2c(s1)CCSC2. The quantitative estimate of drug-likeness (QED) is 0.905. The van der Waals surface area contributed by atoms with Crippen molar-refractivity contribution in [1.82, 2.24) is 15.3 Å². The number of aromatic nitrogens is 2. The molecule has 1 aliphatic heterocycles. The molecule has 0 aromatic carbocycles. The minimum absolute atomic E-state index is 0.00833. The molecule has 3 rings (SSSR count). The molecule has 0 spiro atoms. The van der Waals surface area contributed by atoms with Crippen molar-refractivity contribution in [2.45, 2.75) is 18.7 Å². The molecule has 1 amide bonds. The van der Waals surface area contributed by atoms with Gasteiger partial charge in [-0.1, -0.05) is 0 Å². The minimum Gasteiger partial charge on any atom is -0.347 e. The average Bonchev–Trinajstić information content (AvgIpc) is 3.04. The number of imidazole rings is 1. The first-order valence-electron chi connectivity index (χ1n) is 5.78. The number of carbonyl (C=O) groups excluding carboxylic acids is 1. The molecule has 0 saturated carbocycles. The maximum Gasteiger partial charge on any atom is 0.261 e. The van der Waals surface area contributed by atoms with E-state index in [2.05, 4.69) is 15.3 Å². The van der Waals surface area contributed by atoms with E-state index < -0.39 is 0 Å². The first kappa shape index (κ1) is 11.8. The Morgan fingerprint density at radius 3 is 3.28 bits per heavy atom. The molecule has 1 aliphatic rings. The lowest BCUT2D eigenvalue weighted by Crippen LogP contribution is -2.21. The average molecular weight is 279 g/mol. The fourth-order valence-electron chi connectivity index (χ4n) is 1.90. The molecule has 18 heavy (non-hydrogen) atoms. The predicted octanol–water partition coefficient (Wildman–Crippen LogP) is 2.19. The van der Waals surface area contributed by atoms with E-state index in [1.54, 1.807) is 23.9 Å². The summed E-state index contributed by atoms with van der Waals surface area (Å²) in [5.74, 6) is 2.22. The van der Waals surface area contributed by atoms with Crippen LogP contribution in [-0.4, -0.2) is 21.6 Å². The Morgan fingerprint density at radius 2 is 2.50 bits per heavy atom. The van der Waals surface area contributed by atoms with E-state index in [-0.39, 0.29) is 5.91 Å². The number of hydrogen-bond acceptors (Lipinski definition) is 4. The Hall–Kier alpha value is -1.27. The fourth-order valence-corrected chi connectivity index (χ4v) is 4.19. The van der Waals surface area contributed by atoms with Crippen LogP contribution in [0.15, 0.2) is 18.6 Å². The molecule has 94 valence electrons. The number of aromatic amines is 1. The van der Waals surface area contributed by atoms with Gasteiger partial charge in [0, 0.05) is 16.8 Å². The van der Waals surface area contributed by atoms with E-state index in [1.165, 1.54) is 16.2 Å². The standard InChI is InChI=1S/C12H13N3OS2/c16-12(14-5-9-4-13-7-15-9)11-3-8-6-17-2-1-10(8)18-11/h3-4,7H,1-2,5-6H2,(H,13,15)(H,14,16). The van der Waals surface area contributed by atoms with Gasteiger partial charge in [0.2, 0.25) is 0 Å². The monoisotopic (exact) mass is 279 g/mol. The van der Waals surface area contributed by atoms with Gasteiger partial charge in [0.25, 0.3) is 5.91 Å². The van der Waals surface area contributed by atoms with E-state index in [0.717, 1.165) is 22.7 Å². The number of nitrogens with one attached hydrogen (secondary N) is 2. The predicted molar refractivity (Wildman–Crippen MR) is 73.9 cm³/mol. The van der Waals surface area contributed by atoms with Crippen molar-refractivity contribution in [3.05, 3.63) is 39.6 Å². The molecule has 2 aromatic heterocycles. The molecule has 2 N–H and O–H groups in total. The molecule has 0 fully saturated rings. The van der Waals surface area contributed by atoms with E-state index in [0.29, 0.717) is 6.54 Å². The molecule has 3 heterocycles. The Balaban J connectivity index is 1.67. The molecule has 0 atom stereocenters. The fraction of sp³-hybridized carbons (Fsp3) is 0.333. The molecule has 0 bridgehead atoms. The van der Waals surface area contributed by atoms with Crippen LogP contribution >= 0.6 is 23.1 Å². The summed E-state index contributed by atoms with van der Waals surface area (Å²) in [5.41, 5.74) is 2.25. The Labute approximate surface area is 113 Å². The van der Waals surface area contributed by atoms with Crippen molar-refractivity contribution in [3.8, 4) is 0 Å². The van der Waals surface area contributed by atoms with Gasteiger partial charge in [-0.15, -0.1) is 11.3 Å². The summed E-state index contributed by atoms with van der Waals surface area (Å²) < 4.78 is 0. The van der Waals surface area contributed by atoms with Crippen LogP contribution in [0, 0.1) is 0 Å². The van der Waals surface area contributed by atoms with Crippen molar-refractivity contribution < 1.29 is 4.79 Å². The summed E-state index contributed by atoms with van der Waals surface area (Å²) in [7, 11) is 0. The number of H-pyrrole nitrogens is 1. The number of fused-ring (bicyclic) bond motifs is 1. The van der Waals surface area contributed by atoms with Crippen LogP contribution in [0.4, 0.5) is 0 Å². The highest BCUT2D eigenvalue weighted by atomic mass is 32.2. The third kappa shape index (κ3) is 2.44. The van der Waals surface area contributed by atoms with E-state index in [1.807, 2.05) is 17.8 Å².